The first-order chi connectivity index (χ1) is 5.16. The van der Waals surface area contributed by atoms with Gasteiger partial charge >= 0.3 is 0 Å². The topological polar surface area (TPSA) is 49.3 Å². The van der Waals surface area contributed by atoms with E-state index in [1.807, 2.05) is 0 Å². The molecule has 3 heteroatoms. The van der Waals surface area contributed by atoms with Gasteiger partial charge in [-0.25, -0.2) is 0 Å². The Kier molecular flexibility index (Phi) is 5.22. The molecular formula is C8H13NO2. The first-order valence-electron chi connectivity index (χ1n) is 3.55. The predicted octanol–water partition coefficient (Wildman–Crippen LogP) is -0.103. The molecule has 1 atom stereocenters. The van der Waals surface area contributed by atoms with Crippen molar-refractivity contribution in [3.05, 3.63) is 0 Å². The summed E-state index contributed by atoms with van der Waals surface area (Å²) in [7, 11) is 0. The summed E-state index contributed by atoms with van der Waals surface area (Å²) in [5.74, 6) is 2.18. The molecule has 1 unspecified atom stereocenters. The van der Waals surface area contributed by atoms with Crippen LogP contribution in [0.25, 0.3) is 0 Å². The molecule has 0 heterocycles. The molecule has 0 aromatic carbocycles. The maximum Gasteiger partial charge on any atom is 0.220 e. The van der Waals surface area contributed by atoms with E-state index in [4.69, 9.17) is 11.5 Å². The minimum atomic E-state index is -0.424. The van der Waals surface area contributed by atoms with Crippen LogP contribution in [0.3, 0.4) is 0 Å². The molecule has 0 radical (unpaired) electrons. The highest BCUT2D eigenvalue weighted by molar-refractivity contribution is 5.76. The van der Waals surface area contributed by atoms with Gasteiger partial charge in [0.15, 0.2) is 0 Å². The molecule has 62 valence electrons. The average molecular weight is 155 g/mol. The lowest BCUT2D eigenvalue weighted by Crippen LogP contribution is -2.24. The second-order valence-corrected chi connectivity index (χ2v) is 2.37. The Labute approximate surface area is 66.8 Å². The van der Waals surface area contributed by atoms with Gasteiger partial charge in [0, 0.05) is 6.42 Å². The van der Waals surface area contributed by atoms with Crippen LogP contribution >= 0.6 is 0 Å². The molecule has 11 heavy (non-hydrogen) atoms. The second-order valence-electron chi connectivity index (χ2n) is 2.37. The maximum absolute atomic E-state index is 10.8. The van der Waals surface area contributed by atoms with Crippen LogP contribution in [0, 0.1) is 12.3 Å². The summed E-state index contributed by atoms with van der Waals surface area (Å²) >= 11 is 0. The van der Waals surface area contributed by atoms with Crippen molar-refractivity contribution >= 4 is 5.91 Å². The zero-order valence-electron chi connectivity index (χ0n) is 6.63. The number of rotatable bonds is 4. The minimum Gasteiger partial charge on any atom is -0.393 e. The van der Waals surface area contributed by atoms with Gasteiger partial charge < -0.3 is 10.4 Å². The van der Waals surface area contributed by atoms with E-state index in [1.54, 1.807) is 6.92 Å². The molecule has 2 N–H and O–H groups in total. The van der Waals surface area contributed by atoms with Gasteiger partial charge in [0.1, 0.15) is 0 Å². The second kappa shape index (κ2) is 5.75. The van der Waals surface area contributed by atoms with Gasteiger partial charge in [-0.15, -0.1) is 6.42 Å². The van der Waals surface area contributed by atoms with Gasteiger partial charge in [0.25, 0.3) is 0 Å². The monoisotopic (exact) mass is 155 g/mol. The molecule has 0 rings (SSSR count). The van der Waals surface area contributed by atoms with Crippen LogP contribution in [-0.4, -0.2) is 23.7 Å². The van der Waals surface area contributed by atoms with Crippen molar-refractivity contribution in [2.75, 3.05) is 6.54 Å². The van der Waals surface area contributed by atoms with E-state index in [0.29, 0.717) is 12.8 Å². The predicted molar refractivity (Wildman–Crippen MR) is 42.8 cm³/mol. The number of carbonyl (C=O) groups is 1. The van der Waals surface area contributed by atoms with Crippen LogP contribution in [0.2, 0.25) is 0 Å². The molecule has 0 aromatic rings. The number of aliphatic hydroxyl groups is 1. The quantitative estimate of drug-likeness (QED) is 0.557. The Morgan fingerprint density at radius 2 is 2.45 bits per heavy atom. The Morgan fingerprint density at radius 3 is 2.91 bits per heavy atom. The fourth-order valence-corrected chi connectivity index (χ4v) is 0.578. The first kappa shape index (κ1) is 9.99. The van der Waals surface area contributed by atoms with Crippen molar-refractivity contribution in [1.82, 2.24) is 5.32 Å². The fourth-order valence-electron chi connectivity index (χ4n) is 0.578. The van der Waals surface area contributed by atoms with Crippen molar-refractivity contribution in [1.29, 1.82) is 0 Å². The highest BCUT2D eigenvalue weighted by Gasteiger charge is 2.01. The van der Waals surface area contributed by atoms with Gasteiger partial charge in [-0.05, 0) is 13.3 Å². The molecule has 0 aliphatic carbocycles. The lowest BCUT2D eigenvalue weighted by atomic mass is 10.2. The molecule has 0 aliphatic heterocycles. The van der Waals surface area contributed by atoms with Crippen LogP contribution in [0.4, 0.5) is 0 Å². The highest BCUT2D eigenvalue weighted by atomic mass is 16.3. The fraction of sp³-hybridized carbons (Fsp3) is 0.625. The van der Waals surface area contributed by atoms with E-state index in [-0.39, 0.29) is 12.5 Å². The minimum absolute atomic E-state index is 0.108. The van der Waals surface area contributed by atoms with Gasteiger partial charge in [-0.2, -0.15) is 0 Å². The summed E-state index contributed by atoms with van der Waals surface area (Å²) in [5, 5.41) is 11.3. The molecule has 0 aromatic heterocycles. The van der Waals surface area contributed by atoms with Crippen LogP contribution in [0.5, 0.6) is 0 Å². The normalized spacial score (nSPS) is 11.7. The summed E-state index contributed by atoms with van der Waals surface area (Å²) < 4.78 is 0. The zero-order chi connectivity index (χ0) is 8.69. The number of aliphatic hydroxyl groups excluding tert-OH is 1. The third-order valence-corrected chi connectivity index (χ3v) is 1.18. The molecule has 3 nitrogen and oxygen atoms in total. The largest absolute Gasteiger partial charge is 0.393 e. The van der Waals surface area contributed by atoms with Crippen LogP contribution in [0.1, 0.15) is 19.8 Å². The maximum atomic E-state index is 10.8. The molecule has 0 saturated heterocycles. The molecule has 0 saturated carbocycles. The summed E-state index contributed by atoms with van der Waals surface area (Å²) in [6, 6.07) is 0. The van der Waals surface area contributed by atoms with Crippen LogP contribution < -0.4 is 5.32 Å². The zero-order valence-corrected chi connectivity index (χ0v) is 6.63. The number of hydrogen-bond donors (Lipinski definition) is 2. The number of amides is 1. The van der Waals surface area contributed by atoms with Crippen LogP contribution in [0.15, 0.2) is 0 Å². The van der Waals surface area contributed by atoms with E-state index in [0.717, 1.165) is 0 Å². The van der Waals surface area contributed by atoms with Crippen molar-refractivity contribution in [2.45, 2.75) is 25.9 Å². The van der Waals surface area contributed by atoms with Crippen molar-refractivity contribution < 1.29 is 9.90 Å². The number of hydrogen-bond acceptors (Lipinski definition) is 2. The molecule has 1 amide bonds. The smallest absolute Gasteiger partial charge is 0.220 e. The van der Waals surface area contributed by atoms with E-state index < -0.39 is 6.10 Å². The third kappa shape index (κ3) is 6.88. The van der Waals surface area contributed by atoms with Gasteiger partial charge in [-0.3, -0.25) is 4.79 Å². The van der Waals surface area contributed by atoms with E-state index in [2.05, 4.69) is 11.2 Å². The lowest BCUT2D eigenvalue weighted by Gasteiger charge is -2.02. The average Bonchev–Trinajstić information content (AvgIpc) is 1.97. The summed E-state index contributed by atoms with van der Waals surface area (Å²) in [4.78, 5) is 10.8. The summed E-state index contributed by atoms with van der Waals surface area (Å²) in [6.07, 6.45) is 5.31. The van der Waals surface area contributed by atoms with Gasteiger partial charge in [-0.1, -0.05) is 5.92 Å². The van der Waals surface area contributed by atoms with E-state index >= 15 is 0 Å². The molecular weight excluding hydrogens is 142 g/mol. The molecule has 0 aliphatic rings. The number of nitrogens with one attached hydrogen (secondary N) is 1. The Morgan fingerprint density at radius 1 is 1.82 bits per heavy atom. The first-order valence-corrected chi connectivity index (χ1v) is 3.55. The van der Waals surface area contributed by atoms with Crippen molar-refractivity contribution in [3.63, 3.8) is 0 Å². The highest BCUT2D eigenvalue weighted by Crippen LogP contribution is 1.94. The van der Waals surface area contributed by atoms with Crippen LogP contribution in [-0.2, 0) is 4.79 Å². The Bertz CT molecular complexity index is 158. The lowest BCUT2D eigenvalue weighted by molar-refractivity contribution is -0.121. The molecule has 0 spiro atoms. The summed E-state index contributed by atoms with van der Waals surface area (Å²) in [5.41, 5.74) is 0. The van der Waals surface area contributed by atoms with E-state index in [9.17, 15) is 4.79 Å². The third-order valence-electron chi connectivity index (χ3n) is 1.18. The Hall–Kier alpha value is -1.01. The van der Waals surface area contributed by atoms with E-state index in [1.165, 1.54) is 0 Å². The Balaban J connectivity index is 3.32. The van der Waals surface area contributed by atoms with Gasteiger partial charge in [0.05, 0.1) is 12.6 Å². The van der Waals surface area contributed by atoms with Crippen molar-refractivity contribution in [2.24, 2.45) is 0 Å². The van der Waals surface area contributed by atoms with Crippen molar-refractivity contribution in [3.8, 4) is 12.3 Å². The SMILES string of the molecule is C#CCNC(=O)CCC(C)O. The molecule has 0 bridgehead atoms. The molecule has 0 fully saturated rings. The number of terminal acetylenes is 1. The standard InChI is InChI=1S/C8H13NO2/c1-3-6-9-8(11)5-4-7(2)10/h1,7,10H,4-6H2,2H3,(H,9,11). The number of carbonyl (C=O) groups excluding carboxylic acids is 1. The van der Waals surface area contributed by atoms with Gasteiger partial charge in [0.2, 0.25) is 5.91 Å². The summed E-state index contributed by atoms with van der Waals surface area (Å²) in [6.45, 7) is 1.91.